The van der Waals surface area contributed by atoms with Crippen molar-refractivity contribution in [2.45, 2.75) is 44.7 Å². The predicted molar refractivity (Wildman–Crippen MR) is 126 cm³/mol. The van der Waals surface area contributed by atoms with Gasteiger partial charge in [0.05, 0.1) is 6.04 Å². The Morgan fingerprint density at radius 2 is 1.75 bits per heavy atom. The van der Waals surface area contributed by atoms with Crippen LogP contribution >= 0.6 is 0 Å². The second-order valence-electron chi connectivity index (χ2n) is 9.27. The Kier molecular flexibility index (Phi) is 5.72. The topological polar surface area (TPSA) is 60.9 Å². The number of aryl methyl sites for hydroxylation is 2. The van der Waals surface area contributed by atoms with Gasteiger partial charge in [0, 0.05) is 37.9 Å². The van der Waals surface area contributed by atoms with Crippen LogP contribution in [-0.4, -0.2) is 61.5 Å². The summed E-state index contributed by atoms with van der Waals surface area (Å²) in [5, 5.41) is 0. The van der Waals surface area contributed by atoms with Gasteiger partial charge >= 0.3 is 0 Å². The molecule has 0 spiro atoms. The van der Waals surface area contributed by atoms with Gasteiger partial charge in [0.15, 0.2) is 0 Å². The standard InChI is InChI=1S/C25H31N3O3S/c1-19-5-4-7-22(17-19)26-13-15-27(16-14-26)32(30,31)18-25(29)28(21-10-11-21)24-12-9-20-6-2-3-8-23(20)24/h2-8,17,21,24H,9-16,18H2,1H3. The normalized spacial score (nSPS) is 21.4. The third-order valence-corrected chi connectivity index (χ3v) is 8.73. The molecule has 5 rings (SSSR count). The number of nitrogens with zero attached hydrogens (tertiary/aromatic N) is 3. The van der Waals surface area contributed by atoms with Crippen LogP contribution in [0.4, 0.5) is 5.69 Å². The second kappa shape index (κ2) is 8.52. The van der Waals surface area contributed by atoms with Crippen molar-refractivity contribution in [3.63, 3.8) is 0 Å². The Bertz CT molecular complexity index is 1100. The van der Waals surface area contributed by atoms with Gasteiger partial charge in [-0.25, -0.2) is 8.42 Å². The number of rotatable bonds is 6. The summed E-state index contributed by atoms with van der Waals surface area (Å²) in [6, 6.07) is 16.7. The van der Waals surface area contributed by atoms with E-state index in [-0.39, 0.29) is 18.0 Å². The molecule has 0 aromatic heterocycles. The van der Waals surface area contributed by atoms with Gasteiger partial charge in [-0.15, -0.1) is 0 Å². The molecule has 2 aromatic rings. The van der Waals surface area contributed by atoms with E-state index in [0.29, 0.717) is 26.2 Å². The summed E-state index contributed by atoms with van der Waals surface area (Å²) in [7, 11) is -3.64. The van der Waals surface area contributed by atoms with Crippen LogP contribution < -0.4 is 4.90 Å². The number of piperazine rings is 1. The molecule has 32 heavy (non-hydrogen) atoms. The van der Waals surface area contributed by atoms with Gasteiger partial charge in [-0.2, -0.15) is 4.31 Å². The number of carbonyl (C=O) groups is 1. The maximum atomic E-state index is 13.3. The highest BCUT2D eigenvalue weighted by molar-refractivity contribution is 7.89. The molecule has 1 saturated heterocycles. The van der Waals surface area contributed by atoms with Crippen molar-refractivity contribution in [3.05, 3.63) is 65.2 Å². The molecule has 170 valence electrons. The number of benzene rings is 2. The lowest BCUT2D eigenvalue weighted by atomic mass is 10.1. The average molecular weight is 454 g/mol. The maximum Gasteiger partial charge on any atom is 0.239 e. The summed E-state index contributed by atoms with van der Waals surface area (Å²) >= 11 is 0. The Hall–Kier alpha value is -2.38. The van der Waals surface area contributed by atoms with Crippen LogP contribution in [0.15, 0.2) is 48.5 Å². The molecule has 2 fully saturated rings. The van der Waals surface area contributed by atoms with Crippen molar-refractivity contribution in [1.29, 1.82) is 0 Å². The van der Waals surface area contributed by atoms with Crippen LogP contribution in [0.3, 0.4) is 0 Å². The Labute approximate surface area is 190 Å². The van der Waals surface area contributed by atoms with Crippen molar-refractivity contribution in [1.82, 2.24) is 9.21 Å². The van der Waals surface area contributed by atoms with E-state index >= 15 is 0 Å². The monoisotopic (exact) mass is 453 g/mol. The lowest BCUT2D eigenvalue weighted by Gasteiger charge is -2.36. The molecule has 2 aromatic carbocycles. The first-order chi connectivity index (χ1) is 15.4. The average Bonchev–Trinajstić information content (AvgIpc) is 3.53. The molecule has 1 aliphatic heterocycles. The first-order valence-corrected chi connectivity index (χ1v) is 13.2. The quantitative estimate of drug-likeness (QED) is 0.674. The van der Waals surface area contributed by atoms with E-state index in [4.69, 9.17) is 0 Å². The van der Waals surface area contributed by atoms with Crippen molar-refractivity contribution in [2.24, 2.45) is 0 Å². The molecular formula is C25H31N3O3S. The fraction of sp³-hybridized carbons (Fsp3) is 0.480. The Balaban J connectivity index is 1.25. The molecular weight excluding hydrogens is 422 g/mol. The zero-order valence-electron chi connectivity index (χ0n) is 18.6. The molecule has 6 nitrogen and oxygen atoms in total. The molecule has 3 aliphatic rings. The summed E-state index contributed by atoms with van der Waals surface area (Å²) < 4.78 is 27.8. The zero-order chi connectivity index (χ0) is 22.3. The third-order valence-electron chi connectivity index (χ3n) is 6.97. The number of hydrogen-bond donors (Lipinski definition) is 0. The third kappa shape index (κ3) is 4.28. The van der Waals surface area contributed by atoms with Gasteiger partial charge in [-0.1, -0.05) is 36.4 Å². The van der Waals surface area contributed by atoms with Crippen LogP contribution in [0.2, 0.25) is 0 Å². The molecule has 0 radical (unpaired) electrons. The zero-order valence-corrected chi connectivity index (χ0v) is 19.4. The number of anilines is 1. The van der Waals surface area contributed by atoms with E-state index in [1.807, 2.05) is 23.1 Å². The highest BCUT2D eigenvalue weighted by Crippen LogP contribution is 2.42. The molecule has 2 aliphatic carbocycles. The maximum absolute atomic E-state index is 13.3. The van der Waals surface area contributed by atoms with Crippen molar-refractivity contribution < 1.29 is 13.2 Å². The van der Waals surface area contributed by atoms with Crippen LogP contribution in [0, 0.1) is 6.92 Å². The first kappa shape index (κ1) is 21.5. The summed E-state index contributed by atoms with van der Waals surface area (Å²) in [6.45, 7) is 4.17. The van der Waals surface area contributed by atoms with Gasteiger partial charge in [0.1, 0.15) is 5.75 Å². The largest absolute Gasteiger partial charge is 0.369 e. The molecule has 0 bridgehead atoms. The van der Waals surface area contributed by atoms with Gasteiger partial charge in [-0.3, -0.25) is 4.79 Å². The summed E-state index contributed by atoms with van der Waals surface area (Å²) in [5.74, 6) is -0.664. The predicted octanol–water partition coefficient (Wildman–Crippen LogP) is 3.13. The van der Waals surface area contributed by atoms with Crippen molar-refractivity contribution >= 4 is 21.6 Å². The molecule has 1 saturated carbocycles. The van der Waals surface area contributed by atoms with Gasteiger partial charge < -0.3 is 9.80 Å². The molecule has 1 amide bonds. The van der Waals surface area contributed by atoms with Gasteiger partial charge in [-0.05, 0) is 61.4 Å². The minimum absolute atomic E-state index is 0.0135. The van der Waals surface area contributed by atoms with Crippen LogP contribution in [0.5, 0.6) is 0 Å². The molecule has 7 heteroatoms. The SMILES string of the molecule is Cc1cccc(N2CCN(S(=O)(=O)CC(=O)N(C3CC3)C3CCc4ccccc43)CC2)c1. The van der Waals surface area contributed by atoms with Crippen molar-refractivity contribution in [2.75, 3.05) is 36.8 Å². The van der Waals surface area contributed by atoms with E-state index in [1.54, 1.807) is 0 Å². The second-order valence-corrected chi connectivity index (χ2v) is 11.2. The van der Waals surface area contributed by atoms with Crippen LogP contribution in [0.25, 0.3) is 0 Å². The summed E-state index contributed by atoms with van der Waals surface area (Å²) in [5.41, 5.74) is 4.79. The highest BCUT2D eigenvalue weighted by Gasteiger charge is 2.42. The lowest BCUT2D eigenvalue weighted by molar-refractivity contribution is -0.131. The minimum atomic E-state index is -3.64. The number of hydrogen-bond acceptors (Lipinski definition) is 4. The minimum Gasteiger partial charge on any atom is -0.369 e. The van der Waals surface area contributed by atoms with E-state index in [9.17, 15) is 13.2 Å². The van der Waals surface area contributed by atoms with Crippen molar-refractivity contribution in [3.8, 4) is 0 Å². The van der Waals surface area contributed by atoms with Crippen LogP contribution in [-0.2, 0) is 21.2 Å². The fourth-order valence-electron chi connectivity index (χ4n) is 5.18. The lowest BCUT2D eigenvalue weighted by Crippen LogP contribution is -2.51. The first-order valence-electron chi connectivity index (χ1n) is 11.6. The molecule has 0 N–H and O–H groups in total. The van der Waals surface area contributed by atoms with Gasteiger partial charge in [0.25, 0.3) is 0 Å². The van der Waals surface area contributed by atoms with E-state index in [2.05, 4.69) is 42.2 Å². The summed E-state index contributed by atoms with van der Waals surface area (Å²) in [6.07, 6.45) is 3.78. The van der Waals surface area contributed by atoms with E-state index in [0.717, 1.165) is 31.4 Å². The number of carbonyl (C=O) groups excluding carboxylic acids is 1. The van der Waals surface area contributed by atoms with E-state index < -0.39 is 15.8 Å². The molecule has 1 heterocycles. The van der Waals surface area contributed by atoms with E-state index in [1.165, 1.54) is 21.0 Å². The Morgan fingerprint density at radius 3 is 2.47 bits per heavy atom. The van der Waals surface area contributed by atoms with Crippen LogP contribution in [0.1, 0.15) is 42.0 Å². The number of sulfonamides is 1. The number of fused-ring (bicyclic) bond motifs is 1. The smallest absolute Gasteiger partial charge is 0.239 e. The fourth-order valence-corrected chi connectivity index (χ4v) is 6.54. The Morgan fingerprint density at radius 1 is 1.00 bits per heavy atom. The summed E-state index contributed by atoms with van der Waals surface area (Å²) in [4.78, 5) is 17.4. The highest BCUT2D eigenvalue weighted by atomic mass is 32.2. The van der Waals surface area contributed by atoms with Gasteiger partial charge in [0.2, 0.25) is 15.9 Å². The number of amides is 1. The molecule has 1 atom stereocenters. The molecule has 1 unspecified atom stereocenters.